The molecule has 1 aromatic heterocycles. The summed E-state index contributed by atoms with van der Waals surface area (Å²) in [6.07, 6.45) is 3.59. The topological polar surface area (TPSA) is 71.3 Å². The fourth-order valence-electron chi connectivity index (χ4n) is 3.30. The minimum Gasteiger partial charge on any atom is -0.370 e. The van der Waals surface area contributed by atoms with Gasteiger partial charge in [-0.2, -0.15) is 0 Å². The van der Waals surface area contributed by atoms with Crippen LogP contribution in [0.5, 0.6) is 0 Å². The van der Waals surface area contributed by atoms with Crippen LogP contribution in [0.2, 0.25) is 0 Å². The molecule has 1 saturated heterocycles. The number of nitro groups is 1. The van der Waals surface area contributed by atoms with E-state index in [2.05, 4.69) is 45.5 Å². The molecule has 1 aliphatic heterocycles. The number of aromatic nitrogens is 1. The van der Waals surface area contributed by atoms with Gasteiger partial charge in [0.15, 0.2) is 0 Å². The third-order valence-corrected chi connectivity index (χ3v) is 4.78. The number of hydrogen-bond donors (Lipinski definition) is 1. The van der Waals surface area contributed by atoms with Crippen molar-refractivity contribution in [2.75, 3.05) is 31.5 Å². The highest BCUT2D eigenvalue weighted by atomic mass is 16.6. The van der Waals surface area contributed by atoms with Crippen LogP contribution in [0.4, 0.5) is 11.5 Å². The average Bonchev–Trinajstić information content (AvgIpc) is 3.07. The van der Waals surface area contributed by atoms with Crippen LogP contribution < -0.4 is 5.32 Å². The monoisotopic (exact) mass is 340 g/mol. The Balaban J connectivity index is 1.44. The second kappa shape index (κ2) is 8.07. The first-order valence-electron chi connectivity index (χ1n) is 8.73. The highest BCUT2D eigenvalue weighted by Crippen LogP contribution is 2.21. The lowest BCUT2D eigenvalue weighted by Gasteiger charge is -2.16. The van der Waals surface area contributed by atoms with Crippen LogP contribution >= 0.6 is 0 Å². The summed E-state index contributed by atoms with van der Waals surface area (Å²) in [6.45, 7) is 5.91. The van der Waals surface area contributed by atoms with Crippen molar-refractivity contribution < 1.29 is 4.92 Å². The molecule has 0 aliphatic carbocycles. The van der Waals surface area contributed by atoms with Gasteiger partial charge in [-0.25, -0.2) is 4.98 Å². The predicted octanol–water partition coefficient (Wildman–Crippen LogP) is 3.27. The Hall–Kier alpha value is -2.47. The highest BCUT2D eigenvalue weighted by Gasteiger charge is 2.22. The molecular weight excluding hydrogens is 316 g/mol. The van der Waals surface area contributed by atoms with E-state index in [1.165, 1.54) is 18.2 Å². The Morgan fingerprint density at radius 1 is 1.36 bits per heavy atom. The summed E-state index contributed by atoms with van der Waals surface area (Å²) in [4.78, 5) is 17.1. The van der Waals surface area contributed by atoms with E-state index < -0.39 is 4.92 Å². The van der Waals surface area contributed by atoms with Gasteiger partial charge < -0.3 is 10.2 Å². The smallest absolute Gasteiger partial charge is 0.290 e. The predicted molar refractivity (Wildman–Crippen MR) is 98.8 cm³/mol. The molecule has 6 heteroatoms. The zero-order valence-electron chi connectivity index (χ0n) is 14.5. The van der Waals surface area contributed by atoms with Gasteiger partial charge in [0.2, 0.25) is 0 Å². The second-order valence-corrected chi connectivity index (χ2v) is 6.68. The molecule has 6 nitrogen and oxygen atoms in total. The molecule has 1 aromatic carbocycles. The Bertz CT molecular complexity index is 721. The molecule has 2 heterocycles. The molecule has 0 amide bonds. The normalized spacial score (nSPS) is 17.6. The number of likely N-dealkylation sites (tertiary alicyclic amines) is 1. The van der Waals surface area contributed by atoms with Crippen molar-refractivity contribution >= 4 is 11.5 Å². The van der Waals surface area contributed by atoms with E-state index in [4.69, 9.17) is 0 Å². The second-order valence-electron chi connectivity index (χ2n) is 6.68. The van der Waals surface area contributed by atoms with Gasteiger partial charge in [-0.05, 0) is 43.9 Å². The molecule has 2 aromatic rings. The van der Waals surface area contributed by atoms with E-state index in [-0.39, 0.29) is 5.69 Å². The van der Waals surface area contributed by atoms with Crippen molar-refractivity contribution in [1.82, 2.24) is 9.88 Å². The maximum Gasteiger partial charge on any atom is 0.290 e. The van der Waals surface area contributed by atoms with Crippen LogP contribution in [-0.4, -0.2) is 41.0 Å². The number of hydrogen-bond acceptors (Lipinski definition) is 5. The Morgan fingerprint density at radius 3 is 2.88 bits per heavy atom. The van der Waals surface area contributed by atoms with Gasteiger partial charge >= 0.3 is 0 Å². The number of aryl methyl sites for hydroxylation is 1. The fraction of sp³-hybridized carbons (Fsp3) is 0.421. The molecule has 1 aliphatic rings. The first kappa shape index (κ1) is 17.4. The van der Waals surface area contributed by atoms with Crippen molar-refractivity contribution in [3.63, 3.8) is 0 Å². The molecule has 1 fully saturated rings. The minimum atomic E-state index is -0.395. The maximum absolute atomic E-state index is 10.8. The molecule has 0 spiro atoms. The molecule has 0 bridgehead atoms. The van der Waals surface area contributed by atoms with Crippen molar-refractivity contribution in [2.45, 2.75) is 19.8 Å². The standard InChI is InChI=1S/C19H24N4O2/c1-15-11-19(21-13-18(15)23(24)25)20-12-17-8-10-22(14-17)9-7-16-5-3-2-4-6-16/h2-6,11,13,17H,7-10,12,14H2,1H3,(H,20,21). The number of nitrogens with one attached hydrogen (secondary N) is 1. The van der Waals surface area contributed by atoms with Crippen LogP contribution in [-0.2, 0) is 6.42 Å². The first-order valence-corrected chi connectivity index (χ1v) is 8.73. The van der Waals surface area contributed by atoms with Crippen LogP contribution in [0.1, 0.15) is 17.5 Å². The van der Waals surface area contributed by atoms with Crippen molar-refractivity contribution in [3.05, 3.63) is 63.8 Å². The van der Waals surface area contributed by atoms with E-state index in [9.17, 15) is 10.1 Å². The lowest BCUT2D eigenvalue weighted by atomic mass is 10.1. The summed E-state index contributed by atoms with van der Waals surface area (Å²) in [5.74, 6) is 1.30. The van der Waals surface area contributed by atoms with E-state index >= 15 is 0 Å². The Morgan fingerprint density at radius 2 is 2.16 bits per heavy atom. The Kier molecular flexibility index (Phi) is 5.60. The zero-order chi connectivity index (χ0) is 17.6. The van der Waals surface area contributed by atoms with Crippen LogP contribution in [0.25, 0.3) is 0 Å². The van der Waals surface area contributed by atoms with Gasteiger partial charge in [-0.1, -0.05) is 30.3 Å². The molecule has 132 valence electrons. The summed E-state index contributed by atoms with van der Waals surface area (Å²) in [7, 11) is 0. The summed E-state index contributed by atoms with van der Waals surface area (Å²) in [5.41, 5.74) is 2.09. The van der Waals surface area contributed by atoms with E-state index in [1.807, 2.05) is 0 Å². The summed E-state index contributed by atoms with van der Waals surface area (Å²) >= 11 is 0. The zero-order valence-corrected chi connectivity index (χ0v) is 14.5. The third-order valence-electron chi connectivity index (χ3n) is 4.78. The van der Waals surface area contributed by atoms with Crippen molar-refractivity contribution in [2.24, 2.45) is 5.92 Å². The van der Waals surface area contributed by atoms with Gasteiger partial charge in [0.1, 0.15) is 12.0 Å². The molecule has 1 N–H and O–H groups in total. The quantitative estimate of drug-likeness (QED) is 0.619. The molecule has 1 unspecified atom stereocenters. The SMILES string of the molecule is Cc1cc(NCC2CCN(CCc3ccccc3)C2)ncc1[N+](=O)[O-]. The lowest BCUT2D eigenvalue weighted by molar-refractivity contribution is -0.385. The number of anilines is 1. The van der Waals surface area contributed by atoms with Crippen LogP contribution in [0.3, 0.4) is 0 Å². The minimum absolute atomic E-state index is 0.0681. The maximum atomic E-state index is 10.8. The van der Waals surface area contributed by atoms with Crippen molar-refractivity contribution in [1.29, 1.82) is 0 Å². The largest absolute Gasteiger partial charge is 0.370 e. The van der Waals surface area contributed by atoms with Crippen LogP contribution in [0, 0.1) is 23.0 Å². The molecule has 0 radical (unpaired) electrons. The van der Waals surface area contributed by atoms with Gasteiger partial charge in [-0.15, -0.1) is 0 Å². The van der Waals surface area contributed by atoms with Gasteiger partial charge in [0, 0.05) is 25.2 Å². The number of pyridine rings is 1. The summed E-state index contributed by atoms with van der Waals surface area (Å²) in [6, 6.07) is 12.3. The fourth-order valence-corrected chi connectivity index (χ4v) is 3.30. The summed E-state index contributed by atoms with van der Waals surface area (Å²) < 4.78 is 0. The average molecular weight is 340 g/mol. The molecule has 3 rings (SSSR count). The van der Waals surface area contributed by atoms with Crippen LogP contribution in [0.15, 0.2) is 42.6 Å². The summed E-state index contributed by atoms with van der Waals surface area (Å²) in [5, 5.41) is 14.2. The first-order chi connectivity index (χ1) is 12.1. The van der Waals surface area contributed by atoms with Gasteiger partial charge in [0.05, 0.1) is 4.92 Å². The number of nitrogens with zero attached hydrogens (tertiary/aromatic N) is 3. The van der Waals surface area contributed by atoms with E-state index in [1.54, 1.807) is 13.0 Å². The number of rotatable bonds is 7. The molecule has 0 saturated carbocycles. The molecule has 25 heavy (non-hydrogen) atoms. The Labute approximate surface area is 148 Å². The highest BCUT2D eigenvalue weighted by molar-refractivity contribution is 5.46. The van der Waals surface area contributed by atoms with Crippen molar-refractivity contribution in [3.8, 4) is 0 Å². The van der Waals surface area contributed by atoms with E-state index in [0.717, 1.165) is 32.6 Å². The molecule has 1 atom stereocenters. The van der Waals surface area contributed by atoms with Gasteiger partial charge in [-0.3, -0.25) is 10.1 Å². The third kappa shape index (κ3) is 4.76. The lowest BCUT2D eigenvalue weighted by Crippen LogP contribution is -2.25. The van der Waals surface area contributed by atoms with Gasteiger partial charge in [0.25, 0.3) is 5.69 Å². The molecular formula is C19H24N4O2. The number of benzene rings is 1. The van der Waals surface area contributed by atoms with E-state index in [0.29, 0.717) is 17.3 Å².